The first-order valence-electron chi connectivity index (χ1n) is 6.90. The Hall–Kier alpha value is -1.87. The standard InChI is InChI=1S/C17H17ClFNO/c1-2-12(13-6-4-3-5-7-13)11-20-17(21)15-9-8-14(19)10-16(15)18/h3-10,12H,2,11H2,1H3,(H,20,21). The lowest BCUT2D eigenvalue weighted by Gasteiger charge is -2.16. The third kappa shape index (κ3) is 4.05. The van der Waals surface area contributed by atoms with E-state index in [9.17, 15) is 9.18 Å². The summed E-state index contributed by atoms with van der Waals surface area (Å²) in [5.41, 5.74) is 1.48. The Morgan fingerprint density at radius 1 is 1.24 bits per heavy atom. The van der Waals surface area contributed by atoms with E-state index >= 15 is 0 Å². The van der Waals surface area contributed by atoms with Gasteiger partial charge >= 0.3 is 0 Å². The van der Waals surface area contributed by atoms with Gasteiger partial charge in [-0.15, -0.1) is 0 Å². The lowest BCUT2D eigenvalue weighted by molar-refractivity contribution is 0.0951. The van der Waals surface area contributed by atoms with Gasteiger partial charge in [-0.05, 0) is 30.2 Å². The number of rotatable bonds is 5. The summed E-state index contributed by atoms with van der Waals surface area (Å²) in [6.07, 6.45) is 0.918. The summed E-state index contributed by atoms with van der Waals surface area (Å²) in [7, 11) is 0. The average molecular weight is 306 g/mol. The summed E-state index contributed by atoms with van der Waals surface area (Å²) >= 11 is 5.89. The van der Waals surface area contributed by atoms with E-state index < -0.39 is 5.82 Å². The minimum atomic E-state index is -0.452. The Morgan fingerprint density at radius 2 is 1.95 bits per heavy atom. The number of benzene rings is 2. The van der Waals surface area contributed by atoms with Crippen molar-refractivity contribution in [2.75, 3.05) is 6.54 Å². The largest absolute Gasteiger partial charge is 0.351 e. The molecule has 0 bridgehead atoms. The van der Waals surface area contributed by atoms with E-state index in [-0.39, 0.29) is 16.8 Å². The fourth-order valence-electron chi connectivity index (χ4n) is 2.21. The molecular formula is C17H17ClFNO. The lowest BCUT2D eigenvalue weighted by Crippen LogP contribution is -2.28. The molecule has 0 aliphatic rings. The van der Waals surface area contributed by atoms with Crippen molar-refractivity contribution in [1.29, 1.82) is 0 Å². The molecule has 0 saturated heterocycles. The molecule has 1 amide bonds. The normalized spacial score (nSPS) is 12.0. The van der Waals surface area contributed by atoms with Crippen LogP contribution in [0.5, 0.6) is 0 Å². The van der Waals surface area contributed by atoms with Crippen LogP contribution in [0.3, 0.4) is 0 Å². The number of amides is 1. The fourth-order valence-corrected chi connectivity index (χ4v) is 2.46. The van der Waals surface area contributed by atoms with Crippen molar-refractivity contribution >= 4 is 17.5 Å². The van der Waals surface area contributed by atoms with Crippen LogP contribution < -0.4 is 5.32 Å². The van der Waals surface area contributed by atoms with E-state index in [1.807, 2.05) is 30.3 Å². The SMILES string of the molecule is CCC(CNC(=O)c1ccc(F)cc1Cl)c1ccccc1. The maximum atomic E-state index is 13.0. The van der Waals surface area contributed by atoms with Gasteiger partial charge in [0.2, 0.25) is 0 Å². The van der Waals surface area contributed by atoms with E-state index in [1.54, 1.807) is 0 Å². The smallest absolute Gasteiger partial charge is 0.252 e. The van der Waals surface area contributed by atoms with Gasteiger partial charge in [0.05, 0.1) is 10.6 Å². The number of halogens is 2. The molecule has 2 aromatic carbocycles. The Kier molecular flexibility index (Phi) is 5.34. The summed E-state index contributed by atoms with van der Waals surface area (Å²) in [6.45, 7) is 2.60. The maximum absolute atomic E-state index is 13.0. The van der Waals surface area contributed by atoms with Gasteiger partial charge in [-0.25, -0.2) is 4.39 Å². The molecule has 1 N–H and O–H groups in total. The van der Waals surface area contributed by atoms with Crippen LogP contribution in [0.15, 0.2) is 48.5 Å². The third-order valence-corrected chi connectivity index (χ3v) is 3.76. The number of nitrogens with one attached hydrogen (secondary N) is 1. The molecule has 110 valence electrons. The second-order valence-corrected chi connectivity index (χ2v) is 5.26. The minimum absolute atomic E-state index is 0.125. The fraction of sp³-hybridized carbons (Fsp3) is 0.235. The van der Waals surface area contributed by atoms with E-state index in [0.29, 0.717) is 12.1 Å². The molecule has 4 heteroatoms. The first kappa shape index (κ1) is 15.5. The predicted octanol–water partition coefficient (Wildman–Crippen LogP) is 4.40. The molecule has 1 atom stereocenters. The number of hydrogen-bond acceptors (Lipinski definition) is 1. The first-order valence-corrected chi connectivity index (χ1v) is 7.27. The van der Waals surface area contributed by atoms with Crippen LogP contribution in [0, 0.1) is 5.82 Å². The summed E-state index contributed by atoms with van der Waals surface area (Å²) < 4.78 is 13.0. The van der Waals surface area contributed by atoms with Gasteiger partial charge in [-0.1, -0.05) is 48.9 Å². The number of carbonyl (C=O) groups is 1. The molecular weight excluding hydrogens is 289 g/mol. The Labute approximate surface area is 128 Å². The van der Waals surface area contributed by atoms with Crippen LogP contribution in [0.25, 0.3) is 0 Å². The molecule has 0 radical (unpaired) electrons. The summed E-state index contributed by atoms with van der Waals surface area (Å²) in [4.78, 5) is 12.1. The molecule has 2 nitrogen and oxygen atoms in total. The van der Waals surface area contributed by atoms with E-state index in [1.165, 1.54) is 17.7 Å². The van der Waals surface area contributed by atoms with Crippen molar-refractivity contribution in [2.24, 2.45) is 0 Å². The monoisotopic (exact) mass is 305 g/mol. The molecule has 0 spiro atoms. The topological polar surface area (TPSA) is 29.1 Å². The average Bonchev–Trinajstić information content (AvgIpc) is 2.48. The second-order valence-electron chi connectivity index (χ2n) is 4.85. The van der Waals surface area contributed by atoms with Gasteiger partial charge < -0.3 is 5.32 Å². The highest BCUT2D eigenvalue weighted by molar-refractivity contribution is 6.33. The van der Waals surface area contributed by atoms with Crippen LogP contribution in [0.2, 0.25) is 5.02 Å². The Balaban J connectivity index is 2.03. The molecule has 2 rings (SSSR count). The van der Waals surface area contributed by atoms with Crippen LogP contribution in [0.4, 0.5) is 4.39 Å². The van der Waals surface area contributed by atoms with Gasteiger partial charge in [0, 0.05) is 12.5 Å². The Morgan fingerprint density at radius 3 is 2.57 bits per heavy atom. The van der Waals surface area contributed by atoms with Crippen molar-refractivity contribution in [3.63, 3.8) is 0 Å². The lowest BCUT2D eigenvalue weighted by atomic mass is 9.96. The molecule has 0 fully saturated rings. The van der Waals surface area contributed by atoms with Crippen LogP contribution >= 0.6 is 11.6 Å². The van der Waals surface area contributed by atoms with Crippen LogP contribution in [-0.2, 0) is 0 Å². The van der Waals surface area contributed by atoms with Gasteiger partial charge in [0.15, 0.2) is 0 Å². The molecule has 2 aromatic rings. The maximum Gasteiger partial charge on any atom is 0.252 e. The molecule has 0 aliphatic heterocycles. The molecule has 1 unspecified atom stereocenters. The summed E-state index contributed by atoms with van der Waals surface area (Å²) in [5, 5.41) is 2.99. The molecule has 0 heterocycles. The number of hydrogen-bond donors (Lipinski definition) is 1. The highest BCUT2D eigenvalue weighted by Gasteiger charge is 2.14. The van der Waals surface area contributed by atoms with E-state index in [0.717, 1.165) is 12.5 Å². The zero-order chi connectivity index (χ0) is 15.2. The minimum Gasteiger partial charge on any atom is -0.351 e. The van der Waals surface area contributed by atoms with Crippen LogP contribution in [0.1, 0.15) is 35.2 Å². The van der Waals surface area contributed by atoms with E-state index in [4.69, 9.17) is 11.6 Å². The third-order valence-electron chi connectivity index (χ3n) is 3.45. The zero-order valence-electron chi connectivity index (χ0n) is 11.8. The van der Waals surface area contributed by atoms with Crippen LogP contribution in [-0.4, -0.2) is 12.5 Å². The predicted molar refractivity (Wildman–Crippen MR) is 83.2 cm³/mol. The van der Waals surface area contributed by atoms with Crippen molar-refractivity contribution in [2.45, 2.75) is 19.3 Å². The highest BCUT2D eigenvalue weighted by Crippen LogP contribution is 2.20. The van der Waals surface area contributed by atoms with Gasteiger partial charge in [0.25, 0.3) is 5.91 Å². The van der Waals surface area contributed by atoms with Crippen molar-refractivity contribution in [1.82, 2.24) is 5.32 Å². The first-order chi connectivity index (χ1) is 10.1. The van der Waals surface area contributed by atoms with Gasteiger partial charge in [-0.3, -0.25) is 4.79 Å². The molecule has 0 aliphatic carbocycles. The van der Waals surface area contributed by atoms with Crippen molar-refractivity contribution in [3.05, 3.63) is 70.5 Å². The summed E-state index contributed by atoms with van der Waals surface area (Å²) in [5.74, 6) is -0.490. The number of carbonyl (C=O) groups excluding carboxylic acids is 1. The van der Waals surface area contributed by atoms with Crippen molar-refractivity contribution < 1.29 is 9.18 Å². The second kappa shape index (κ2) is 7.23. The summed E-state index contributed by atoms with van der Waals surface area (Å²) in [6, 6.07) is 13.8. The highest BCUT2D eigenvalue weighted by atomic mass is 35.5. The van der Waals surface area contributed by atoms with Crippen molar-refractivity contribution in [3.8, 4) is 0 Å². The Bertz CT molecular complexity index is 615. The van der Waals surface area contributed by atoms with E-state index in [2.05, 4.69) is 12.2 Å². The molecule has 21 heavy (non-hydrogen) atoms. The zero-order valence-corrected chi connectivity index (χ0v) is 12.5. The van der Waals surface area contributed by atoms with Gasteiger partial charge in [0.1, 0.15) is 5.82 Å². The molecule has 0 saturated carbocycles. The molecule has 0 aromatic heterocycles. The quantitative estimate of drug-likeness (QED) is 0.871. The van der Waals surface area contributed by atoms with Gasteiger partial charge in [-0.2, -0.15) is 0 Å².